The van der Waals surface area contributed by atoms with E-state index in [1.807, 2.05) is 13.8 Å². The molecule has 1 aromatic heterocycles. The average Bonchev–Trinajstić information content (AvgIpc) is 2.27. The first-order valence-corrected chi connectivity index (χ1v) is 5.75. The molecule has 100 valence electrons. The Morgan fingerprint density at radius 2 is 2.11 bits per heavy atom. The van der Waals surface area contributed by atoms with E-state index in [1.165, 1.54) is 6.07 Å². The van der Waals surface area contributed by atoms with Crippen LogP contribution in [0, 0.1) is 0 Å². The molecular weight excluding hydrogens is 241 g/mol. The highest BCUT2D eigenvalue weighted by atomic mass is 19.4. The van der Waals surface area contributed by atoms with E-state index < -0.39 is 11.7 Å². The fourth-order valence-corrected chi connectivity index (χ4v) is 1.66. The van der Waals surface area contributed by atoms with Crippen molar-refractivity contribution in [3.05, 3.63) is 41.7 Å². The third-order valence-corrected chi connectivity index (χ3v) is 2.47. The van der Waals surface area contributed by atoms with Crippen LogP contribution in [0.3, 0.4) is 0 Å². The van der Waals surface area contributed by atoms with Crippen LogP contribution < -0.4 is 5.32 Å². The van der Waals surface area contributed by atoms with E-state index in [9.17, 15) is 13.2 Å². The molecule has 5 heteroatoms. The Balaban J connectivity index is 2.90. The lowest BCUT2D eigenvalue weighted by molar-refractivity contribution is -0.137. The van der Waals surface area contributed by atoms with Crippen molar-refractivity contribution in [3.63, 3.8) is 0 Å². The lowest BCUT2D eigenvalue weighted by Gasteiger charge is -2.18. The number of nitrogens with zero attached hydrogens (tertiary/aromatic N) is 1. The molecule has 1 N–H and O–H groups in total. The van der Waals surface area contributed by atoms with Crippen molar-refractivity contribution >= 4 is 0 Å². The van der Waals surface area contributed by atoms with Gasteiger partial charge in [-0.1, -0.05) is 12.5 Å². The van der Waals surface area contributed by atoms with Gasteiger partial charge >= 0.3 is 6.18 Å². The van der Waals surface area contributed by atoms with Crippen molar-refractivity contribution in [3.8, 4) is 0 Å². The van der Waals surface area contributed by atoms with Crippen LogP contribution in [-0.4, -0.2) is 11.5 Å². The van der Waals surface area contributed by atoms with Gasteiger partial charge in [0.2, 0.25) is 0 Å². The van der Waals surface area contributed by atoms with Gasteiger partial charge in [0.15, 0.2) is 0 Å². The van der Waals surface area contributed by atoms with Crippen LogP contribution in [0.1, 0.15) is 37.6 Å². The fraction of sp³-hybridized carbons (Fsp3) is 0.462. The average molecular weight is 258 g/mol. The number of hydrogen-bond donors (Lipinski definition) is 1. The van der Waals surface area contributed by atoms with E-state index in [0.717, 1.165) is 24.4 Å². The maximum absolute atomic E-state index is 12.4. The summed E-state index contributed by atoms with van der Waals surface area (Å²) in [4.78, 5) is 3.89. The van der Waals surface area contributed by atoms with E-state index in [2.05, 4.69) is 16.9 Å². The second-order valence-electron chi connectivity index (χ2n) is 4.24. The summed E-state index contributed by atoms with van der Waals surface area (Å²) >= 11 is 0. The van der Waals surface area contributed by atoms with Gasteiger partial charge in [0.05, 0.1) is 17.3 Å². The molecule has 0 amide bonds. The molecule has 0 radical (unpaired) electrons. The summed E-state index contributed by atoms with van der Waals surface area (Å²) in [6.45, 7) is 8.36. The number of alkyl halides is 3. The van der Waals surface area contributed by atoms with Crippen molar-refractivity contribution in [2.24, 2.45) is 0 Å². The molecule has 1 unspecified atom stereocenters. The monoisotopic (exact) mass is 258 g/mol. The standard InChI is InChI=1S/C13H17F3N2/c1-4-17-12(7-9(2)3)11-6-5-10(8-18-11)13(14,15)16/h5-6,8,12,17H,2,4,7H2,1,3H3. The summed E-state index contributed by atoms with van der Waals surface area (Å²) in [7, 11) is 0. The smallest absolute Gasteiger partial charge is 0.309 e. The molecule has 0 aliphatic carbocycles. The van der Waals surface area contributed by atoms with Crippen molar-refractivity contribution < 1.29 is 13.2 Å². The van der Waals surface area contributed by atoms with Crippen molar-refractivity contribution in [1.29, 1.82) is 0 Å². The molecule has 0 saturated heterocycles. The second kappa shape index (κ2) is 6.00. The SMILES string of the molecule is C=C(C)CC(NCC)c1ccc(C(F)(F)F)cn1. The topological polar surface area (TPSA) is 24.9 Å². The summed E-state index contributed by atoms with van der Waals surface area (Å²) in [5.41, 5.74) is 0.840. The zero-order chi connectivity index (χ0) is 13.8. The maximum atomic E-state index is 12.4. The third-order valence-electron chi connectivity index (χ3n) is 2.47. The Hall–Kier alpha value is -1.36. The molecule has 1 rings (SSSR count). The van der Waals surface area contributed by atoms with Gasteiger partial charge in [-0.15, -0.1) is 6.58 Å². The van der Waals surface area contributed by atoms with Gasteiger partial charge in [-0.25, -0.2) is 0 Å². The van der Waals surface area contributed by atoms with Crippen molar-refractivity contribution in [2.45, 2.75) is 32.5 Å². The fourth-order valence-electron chi connectivity index (χ4n) is 1.66. The molecule has 0 aliphatic rings. The van der Waals surface area contributed by atoms with Gasteiger partial charge in [-0.05, 0) is 32.0 Å². The van der Waals surface area contributed by atoms with Gasteiger partial charge in [0.1, 0.15) is 0 Å². The van der Waals surface area contributed by atoms with Gasteiger partial charge in [-0.3, -0.25) is 4.98 Å². The molecule has 0 saturated carbocycles. The van der Waals surface area contributed by atoms with Gasteiger partial charge in [0, 0.05) is 6.20 Å². The minimum Gasteiger partial charge on any atom is -0.309 e. The Labute approximate surface area is 105 Å². The summed E-state index contributed by atoms with van der Waals surface area (Å²) in [6.07, 6.45) is -2.81. The first kappa shape index (κ1) is 14.7. The number of halogens is 3. The van der Waals surface area contributed by atoms with Crippen LogP contribution in [0.15, 0.2) is 30.5 Å². The molecule has 1 aromatic rings. The van der Waals surface area contributed by atoms with E-state index in [1.54, 1.807) is 0 Å². The number of aromatic nitrogens is 1. The highest BCUT2D eigenvalue weighted by molar-refractivity contribution is 5.20. The molecule has 1 heterocycles. The zero-order valence-corrected chi connectivity index (χ0v) is 10.5. The van der Waals surface area contributed by atoms with E-state index in [4.69, 9.17) is 0 Å². The van der Waals surface area contributed by atoms with Crippen LogP contribution in [0.4, 0.5) is 13.2 Å². The van der Waals surface area contributed by atoms with Gasteiger partial charge in [-0.2, -0.15) is 13.2 Å². The Morgan fingerprint density at radius 3 is 2.50 bits per heavy atom. The molecule has 0 spiro atoms. The summed E-state index contributed by atoms with van der Waals surface area (Å²) < 4.78 is 37.2. The minimum absolute atomic E-state index is 0.0882. The Bertz CT molecular complexity index is 396. The van der Waals surface area contributed by atoms with Crippen LogP contribution in [0.25, 0.3) is 0 Å². The minimum atomic E-state index is -4.34. The highest BCUT2D eigenvalue weighted by Gasteiger charge is 2.30. The van der Waals surface area contributed by atoms with Crippen LogP contribution in [0.5, 0.6) is 0 Å². The zero-order valence-electron chi connectivity index (χ0n) is 10.5. The van der Waals surface area contributed by atoms with Crippen LogP contribution >= 0.6 is 0 Å². The molecule has 0 aromatic carbocycles. The third kappa shape index (κ3) is 4.14. The van der Waals surface area contributed by atoms with Gasteiger partial charge in [0.25, 0.3) is 0 Å². The van der Waals surface area contributed by atoms with Crippen LogP contribution in [0.2, 0.25) is 0 Å². The molecule has 0 fully saturated rings. The highest BCUT2D eigenvalue weighted by Crippen LogP contribution is 2.29. The quantitative estimate of drug-likeness (QED) is 0.814. The van der Waals surface area contributed by atoms with Crippen LogP contribution in [-0.2, 0) is 6.18 Å². The Kier molecular flexibility index (Phi) is 4.90. The summed E-state index contributed by atoms with van der Waals surface area (Å²) in [5, 5.41) is 3.18. The number of rotatable bonds is 5. The molecular formula is C13H17F3N2. The predicted octanol–water partition coefficient (Wildman–Crippen LogP) is 3.72. The normalized spacial score (nSPS) is 13.4. The molecule has 2 nitrogen and oxygen atoms in total. The molecule has 18 heavy (non-hydrogen) atoms. The van der Waals surface area contributed by atoms with Crippen molar-refractivity contribution in [1.82, 2.24) is 10.3 Å². The molecule has 1 atom stereocenters. The Morgan fingerprint density at radius 1 is 1.44 bits per heavy atom. The number of hydrogen-bond acceptors (Lipinski definition) is 2. The summed E-state index contributed by atoms with van der Waals surface area (Å²) in [5.74, 6) is 0. The lowest BCUT2D eigenvalue weighted by Crippen LogP contribution is -2.22. The predicted molar refractivity (Wildman–Crippen MR) is 65.1 cm³/mol. The number of nitrogens with one attached hydrogen (secondary N) is 1. The van der Waals surface area contributed by atoms with Crippen molar-refractivity contribution in [2.75, 3.05) is 6.54 Å². The largest absolute Gasteiger partial charge is 0.417 e. The maximum Gasteiger partial charge on any atom is 0.417 e. The van der Waals surface area contributed by atoms with E-state index in [0.29, 0.717) is 12.1 Å². The lowest BCUT2D eigenvalue weighted by atomic mass is 10.0. The number of pyridine rings is 1. The first-order valence-electron chi connectivity index (χ1n) is 5.75. The summed E-state index contributed by atoms with van der Waals surface area (Å²) in [6, 6.07) is 2.39. The molecule has 0 bridgehead atoms. The second-order valence-corrected chi connectivity index (χ2v) is 4.24. The van der Waals surface area contributed by atoms with E-state index in [-0.39, 0.29) is 6.04 Å². The van der Waals surface area contributed by atoms with E-state index >= 15 is 0 Å². The molecule has 0 aliphatic heterocycles. The van der Waals surface area contributed by atoms with Gasteiger partial charge < -0.3 is 5.32 Å². The first-order chi connectivity index (χ1) is 8.34.